The van der Waals surface area contributed by atoms with Gasteiger partial charge in [-0.3, -0.25) is 9.78 Å². The molecule has 1 N–H and O–H groups in total. The summed E-state index contributed by atoms with van der Waals surface area (Å²) < 4.78 is 1.42. The monoisotopic (exact) mass is 853 g/mol. The molecule has 49 heavy (non-hydrogen) atoms. The van der Waals surface area contributed by atoms with Crippen molar-refractivity contribution in [2.24, 2.45) is 17.8 Å². The predicted molar refractivity (Wildman–Crippen MR) is 208 cm³/mol. The summed E-state index contributed by atoms with van der Waals surface area (Å²) in [6.45, 7) is 19.5. The number of benzene rings is 3. The van der Waals surface area contributed by atoms with Gasteiger partial charge in [-0.25, -0.2) is 0 Å². The van der Waals surface area contributed by atoms with Gasteiger partial charge in [-0.15, -0.1) is 40.5 Å². The van der Waals surface area contributed by atoms with Gasteiger partial charge in [0.1, 0.15) is 0 Å². The Bertz CT molecular complexity index is 1850. The summed E-state index contributed by atoms with van der Waals surface area (Å²) in [5.74, 6) is 1.17. The van der Waals surface area contributed by atoms with E-state index in [1.54, 1.807) is 0 Å². The van der Waals surface area contributed by atoms with Crippen LogP contribution in [0.5, 0.6) is 0 Å². The maximum absolute atomic E-state index is 11.7. The van der Waals surface area contributed by atoms with Crippen LogP contribution in [0.1, 0.15) is 99.1 Å². The number of pyridine rings is 1. The van der Waals surface area contributed by atoms with Crippen LogP contribution in [0.15, 0.2) is 84.1 Å². The van der Waals surface area contributed by atoms with Gasteiger partial charge < -0.3 is 5.11 Å². The minimum atomic E-state index is 0. The average molecular weight is 853 g/mol. The number of aliphatic hydroxyl groups excluding tert-OH is 1. The van der Waals surface area contributed by atoms with Crippen LogP contribution in [0.25, 0.3) is 43.2 Å². The molecule has 0 atom stereocenters. The number of nitrogens with zero attached hydrogens (tertiary/aromatic N) is 1. The van der Waals surface area contributed by atoms with Crippen LogP contribution >= 0.6 is 11.3 Å². The molecule has 2 heterocycles. The minimum Gasteiger partial charge on any atom is -0.512 e. The van der Waals surface area contributed by atoms with Crippen molar-refractivity contribution in [1.29, 1.82) is 0 Å². The third-order valence-electron chi connectivity index (χ3n) is 9.29. The van der Waals surface area contributed by atoms with E-state index < -0.39 is 0 Å². The number of aromatic nitrogens is 1. The number of fused-ring (bicyclic) bond motifs is 2. The minimum absolute atomic E-state index is 0. The Kier molecular flexibility index (Phi) is 15.0. The first-order valence-electron chi connectivity index (χ1n) is 17.8. The summed E-state index contributed by atoms with van der Waals surface area (Å²) in [4.78, 5) is 16.5. The van der Waals surface area contributed by atoms with Crippen LogP contribution in [0.4, 0.5) is 0 Å². The number of allylic oxidation sites excluding steroid dienone is 2. The maximum Gasteiger partial charge on any atom is 0.162 e. The van der Waals surface area contributed by atoms with Crippen LogP contribution < -0.4 is 0 Å². The van der Waals surface area contributed by atoms with Gasteiger partial charge in [-0.2, -0.15) is 0 Å². The summed E-state index contributed by atoms with van der Waals surface area (Å²) in [7, 11) is 0. The summed E-state index contributed by atoms with van der Waals surface area (Å²) >= 11 is 1.85. The summed E-state index contributed by atoms with van der Waals surface area (Å²) in [5, 5.41) is 15.7. The Labute approximate surface area is 312 Å². The van der Waals surface area contributed by atoms with E-state index in [1.807, 2.05) is 45.2 Å². The molecule has 0 amide bonds. The van der Waals surface area contributed by atoms with Crippen LogP contribution in [0, 0.1) is 23.8 Å². The van der Waals surface area contributed by atoms with E-state index in [-0.39, 0.29) is 48.9 Å². The van der Waals surface area contributed by atoms with Gasteiger partial charge in [0.2, 0.25) is 0 Å². The largest absolute Gasteiger partial charge is 0.512 e. The van der Waals surface area contributed by atoms with Crippen LogP contribution in [-0.4, -0.2) is 15.9 Å². The molecule has 5 aromatic rings. The Morgan fingerprint density at radius 3 is 2.20 bits per heavy atom. The van der Waals surface area contributed by atoms with Gasteiger partial charge in [0.05, 0.1) is 5.76 Å². The first-order valence-corrected chi connectivity index (χ1v) is 18.6. The Morgan fingerprint density at radius 1 is 0.898 bits per heavy atom. The smallest absolute Gasteiger partial charge is 0.162 e. The van der Waals surface area contributed by atoms with E-state index in [4.69, 9.17) is 4.98 Å². The quantitative estimate of drug-likeness (QED) is 0.0818. The number of ketones is 1. The number of rotatable bonds is 11. The third-order valence-corrected chi connectivity index (χ3v) is 10.3. The molecule has 0 bridgehead atoms. The van der Waals surface area contributed by atoms with Crippen molar-refractivity contribution in [2.45, 2.75) is 99.8 Å². The van der Waals surface area contributed by atoms with Gasteiger partial charge in [0, 0.05) is 54.6 Å². The van der Waals surface area contributed by atoms with Gasteiger partial charge in [0.15, 0.2) is 5.78 Å². The first kappa shape index (κ1) is 40.3. The molecular weight excluding hydrogens is 799 g/mol. The second kappa shape index (κ2) is 18.2. The van der Waals surface area contributed by atoms with Gasteiger partial charge in [0.25, 0.3) is 0 Å². The zero-order chi connectivity index (χ0) is 35.0. The molecular formula is C44H54IrNO2S-. The van der Waals surface area contributed by atoms with E-state index in [2.05, 4.69) is 107 Å². The molecule has 0 spiro atoms. The molecule has 263 valence electrons. The molecule has 0 saturated heterocycles. The van der Waals surface area contributed by atoms with E-state index in [9.17, 15) is 9.90 Å². The second-order valence-corrected chi connectivity index (χ2v) is 15.3. The molecule has 0 unspecified atom stereocenters. The first-order chi connectivity index (χ1) is 22.9. The van der Waals surface area contributed by atoms with Crippen LogP contribution in [0.2, 0.25) is 0 Å². The van der Waals surface area contributed by atoms with E-state index in [1.165, 1.54) is 43.8 Å². The molecule has 2 aromatic heterocycles. The topological polar surface area (TPSA) is 50.2 Å². The fraction of sp³-hybridized carbons (Fsp3) is 0.409. The molecule has 3 nitrogen and oxygen atoms in total. The van der Waals surface area contributed by atoms with Gasteiger partial charge >= 0.3 is 0 Å². The number of carbonyl (C=O) groups excluding carboxylic acids is 1. The van der Waals surface area contributed by atoms with Crippen molar-refractivity contribution >= 4 is 38.0 Å². The van der Waals surface area contributed by atoms with Crippen LogP contribution in [0.3, 0.4) is 0 Å². The number of carbonyl (C=O) groups is 1. The SMILES string of the molecule is CC(C)Cc1cc(-c2ccnc(-c3[c-]c4ccccc4c(C(C)(C)C)c3)c2)cc2ccsc12.CCC(CC)C(=O)/C=C(\O)C(CC)CC.[Ir]. The normalized spacial score (nSPS) is 12.0. The summed E-state index contributed by atoms with van der Waals surface area (Å²) in [5.41, 5.74) is 7.31. The molecule has 0 aliphatic rings. The number of hydrogen-bond acceptors (Lipinski definition) is 4. The molecule has 0 aliphatic heterocycles. The van der Waals surface area contributed by atoms with Crippen molar-refractivity contribution in [1.82, 2.24) is 4.98 Å². The molecule has 0 fully saturated rings. The molecule has 3 aromatic carbocycles. The van der Waals surface area contributed by atoms with Crippen molar-refractivity contribution in [3.8, 4) is 22.4 Å². The average Bonchev–Trinajstić information content (AvgIpc) is 3.54. The molecule has 0 saturated carbocycles. The van der Waals surface area contributed by atoms with Crippen molar-refractivity contribution in [3.63, 3.8) is 0 Å². The molecule has 1 radical (unpaired) electrons. The number of hydrogen-bond donors (Lipinski definition) is 1. The second-order valence-electron chi connectivity index (χ2n) is 14.4. The number of aliphatic hydroxyl groups is 1. The van der Waals surface area contributed by atoms with Crippen LogP contribution in [-0.2, 0) is 36.7 Å². The van der Waals surface area contributed by atoms with Crippen molar-refractivity contribution < 1.29 is 30.0 Å². The van der Waals surface area contributed by atoms with E-state index >= 15 is 0 Å². The van der Waals surface area contributed by atoms with E-state index in [0.29, 0.717) is 5.92 Å². The standard InChI is InChI=1S/C31H30NS.C13H24O2.Ir/c1-20(2)14-26-17-24(16-23-11-13-33-30(23)26)21-10-12-32-29(19-21)25-15-22-8-6-7-9-27(22)28(18-25)31(3,4)5;1-5-10(6-2)12(14)9-13(15)11(7-3)8-4;/h6-13,16-20H,14H2,1-5H3;9-11,14H,5-8H2,1-4H3;/q-1;;/b;12-9-;. The maximum atomic E-state index is 11.7. The van der Waals surface area contributed by atoms with Gasteiger partial charge in [-0.1, -0.05) is 97.5 Å². The van der Waals surface area contributed by atoms with Crippen molar-refractivity contribution in [2.75, 3.05) is 0 Å². The summed E-state index contributed by atoms with van der Waals surface area (Å²) in [6, 6.07) is 25.8. The molecule has 5 rings (SSSR count). The fourth-order valence-corrected chi connectivity index (χ4v) is 7.35. The zero-order valence-corrected chi connectivity index (χ0v) is 34.0. The molecule has 0 aliphatic carbocycles. The Hall–Kier alpha value is -3.11. The Balaban J connectivity index is 0.000000347. The zero-order valence-electron chi connectivity index (χ0n) is 30.8. The molecule has 5 heteroatoms. The predicted octanol–water partition coefficient (Wildman–Crippen LogP) is 12.9. The Morgan fingerprint density at radius 2 is 1.57 bits per heavy atom. The number of thiophene rings is 1. The third kappa shape index (κ3) is 10.2. The van der Waals surface area contributed by atoms with E-state index in [0.717, 1.165) is 48.7 Å². The van der Waals surface area contributed by atoms with Gasteiger partial charge in [-0.05, 0) is 95.2 Å². The van der Waals surface area contributed by atoms with Crippen molar-refractivity contribution in [3.05, 3.63) is 101 Å². The summed E-state index contributed by atoms with van der Waals surface area (Å²) in [6.07, 6.45) is 7.93. The fourth-order valence-electron chi connectivity index (χ4n) is 6.44.